The van der Waals surface area contributed by atoms with Crippen LogP contribution in [0.4, 0.5) is 0 Å². The van der Waals surface area contributed by atoms with E-state index >= 15 is 0 Å². The lowest BCUT2D eigenvalue weighted by molar-refractivity contribution is -0.171. The predicted molar refractivity (Wildman–Crippen MR) is 90.8 cm³/mol. The Morgan fingerprint density at radius 1 is 1.15 bits per heavy atom. The number of hydrogen-bond acceptors (Lipinski definition) is 6. The lowest BCUT2D eigenvalue weighted by Gasteiger charge is -2.32. The zero-order chi connectivity index (χ0) is 18.4. The van der Waals surface area contributed by atoms with Gasteiger partial charge in [-0.05, 0) is 38.5 Å². The average molecular weight is 364 g/mol. The van der Waals surface area contributed by atoms with Gasteiger partial charge >= 0.3 is 17.9 Å². The minimum absolute atomic E-state index is 0.0221. The molecule has 0 aromatic carbocycles. The number of carbonyl (C=O) groups excluding carboxylic acids is 3. The topological polar surface area (TPSA) is 78.9 Å². The zero-order valence-corrected chi connectivity index (χ0v) is 15.5. The molecule has 0 aromatic rings. The second-order valence-electron chi connectivity index (χ2n) is 8.42. The second kappa shape index (κ2) is 6.86. The number of hydrogen-bond donors (Lipinski definition) is 0. The summed E-state index contributed by atoms with van der Waals surface area (Å²) in [6.45, 7) is 3.76. The van der Waals surface area contributed by atoms with Crippen LogP contribution in [-0.2, 0) is 28.6 Å². The molecule has 6 nitrogen and oxygen atoms in total. The quantitative estimate of drug-likeness (QED) is 0.551. The van der Waals surface area contributed by atoms with Gasteiger partial charge in [0.1, 0.15) is 18.3 Å². The van der Waals surface area contributed by atoms with Gasteiger partial charge in [0.15, 0.2) is 0 Å². The third-order valence-corrected chi connectivity index (χ3v) is 6.92. The number of ether oxygens (including phenoxy) is 3. The molecule has 0 radical (unpaired) electrons. The first-order valence-electron chi connectivity index (χ1n) is 10.1. The van der Waals surface area contributed by atoms with Crippen molar-refractivity contribution in [2.75, 3.05) is 0 Å². The molecule has 144 valence electrons. The summed E-state index contributed by atoms with van der Waals surface area (Å²) >= 11 is 0. The van der Waals surface area contributed by atoms with Gasteiger partial charge in [-0.15, -0.1) is 0 Å². The highest BCUT2D eigenvalue weighted by molar-refractivity contribution is 5.86. The van der Waals surface area contributed by atoms with Crippen LogP contribution in [0.5, 0.6) is 0 Å². The van der Waals surface area contributed by atoms with Gasteiger partial charge in [0, 0.05) is 11.8 Å². The van der Waals surface area contributed by atoms with E-state index in [1.165, 1.54) is 6.42 Å². The van der Waals surface area contributed by atoms with Crippen LogP contribution in [-0.4, -0.2) is 36.2 Å². The number of rotatable bonds is 5. The lowest BCUT2D eigenvalue weighted by atomic mass is 9.78. The van der Waals surface area contributed by atoms with Crippen molar-refractivity contribution in [2.45, 2.75) is 77.1 Å². The summed E-state index contributed by atoms with van der Waals surface area (Å²) in [5, 5.41) is 0. The third kappa shape index (κ3) is 2.81. The molecular weight excluding hydrogens is 336 g/mol. The van der Waals surface area contributed by atoms with E-state index in [2.05, 4.69) is 0 Å². The van der Waals surface area contributed by atoms with Crippen LogP contribution in [0.2, 0.25) is 0 Å². The molecule has 0 N–H and O–H groups in total. The van der Waals surface area contributed by atoms with Crippen LogP contribution >= 0.6 is 0 Å². The summed E-state index contributed by atoms with van der Waals surface area (Å²) in [7, 11) is 0. The van der Waals surface area contributed by atoms with Gasteiger partial charge in [0.25, 0.3) is 0 Å². The Morgan fingerprint density at radius 2 is 1.88 bits per heavy atom. The summed E-state index contributed by atoms with van der Waals surface area (Å²) in [6.07, 6.45) is 5.61. The molecule has 1 aliphatic heterocycles. The van der Waals surface area contributed by atoms with E-state index in [1.807, 2.05) is 13.8 Å². The first-order valence-corrected chi connectivity index (χ1v) is 10.1. The summed E-state index contributed by atoms with van der Waals surface area (Å²) in [4.78, 5) is 37.5. The van der Waals surface area contributed by atoms with Gasteiger partial charge in [0.2, 0.25) is 0 Å². The molecule has 0 aromatic heterocycles. The molecule has 0 spiro atoms. The van der Waals surface area contributed by atoms with Crippen molar-refractivity contribution in [1.29, 1.82) is 0 Å². The van der Waals surface area contributed by atoms with Gasteiger partial charge < -0.3 is 14.2 Å². The largest absolute Gasteiger partial charge is 0.462 e. The Balaban J connectivity index is 1.49. The highest BCUT2D eigenvalue weighted by Gasteiger charge is 2.70. The molecule has 4 aliphatic rings. The lowest BCUT2D eigenvalue weighted by Crippen LogP contribution is -2.44. The standard InChI is InChI=1S/C20H28O6/c1-3-10(2)18(21)25-16-12-9-13-15(20(23)26-17(13)16)14(12)19(22)24-11-7-5-4-6-8-11/h10-17H,3-9H2,1-2H3. The minimum Gasteiger partial charge on any atom is -0.462 e. The fraction of sp³-hybridized carbons (Fsp3) is 0.850. The van der Waals surface area contributed by atoms with E-state index in [-0.39, 0.29) is 47.9 Å². The Bertz CT molecular complexity index is 595. The fourth-order valence-corrected chi connectivity index (χ4v) is 5.31. The van der Waals surface area contributed by atoms with E-state index in [0.29, 0.717) is 12.8 Å². The highest BCUT2D eigenvalue weighted by atomic mass is 16.6. The minimum atomic E-state index is -0.525. The van der Waals surface area contributed by atoms with E-state index in [1.54, 1.807) is 0 Å². The van der Waals surface area contributed by atoms with Crippen LogP contribution in [0.25, 0.3) is 0 Å². The first-order chi connectivity index (χ1) is 12.5. The maximum Gasteiger partial charge on any atom is 0.310 e. The molecule has 0 amide bonds. The van der Waals surface area contributed by atoms with Crippen molar-refractivity contribution >= 4 is 17.9 Å². The molecular formula is C20H28O6. The molecule has 1 saturated heterocycles. The van der Waals surface area contributed by atoms with E-state index in [9.17, 15) is 14.4 Å². The predicted octanol–water partition coefficient (Wildman–Crippen LogP) is 2.63. The van der Waals surface area contributed by atoms with Crippen molar-refractivity contribution in [2.24, 2.45) is 29.6 Å². The molecule has 3 aliphatic carbocycles. The monoisotopic (exact) mass is 364 g/mol. The van der Waals surface area contributed by atoms with E-state index in [4.69, 9.17) is 14.2 Å². The first kappa shape index (κ1) is 17.8. The molecule has 7 atom stereocenters. The average Bonchev–Trinajstić information content (AvgIpc) is 3.25. The van der Waals surface area contributed by atoms with Crippen molar-refractivity contribution in [3.05, 3.63) is 0 Å². The fourth-order valence-electron chi connectivity index (χ4n) is 5.31. The third-order valence-electron chi connectivity index (χ3n) is 6.92. The normalized spacial score (nSPS) is 39.5. The van der Waals surface area contributed by atoms with Crippen molar-refractivity contribution in [3.8, 4) is 0 Å². The maximum absolute atomic E-state index is 12.9. The summed E-state index contributed by atoms with van der Waals surface area (Å²) in [6, 6.07) is 0. The van der Waals surface area contributed by atoms with E-state index in [0.717, 1.165) is 25.7 Å². The van der Waals surface area contributed by atoms with Crippen molar-refractivity contribution < 1.29 is 28.6 Å². The van der Waals surface area contributed by atoms with Crippen LogP contribution in [0, 0.1) is 29.6 Å². The molecule has 4 rings (SSSR count). The molecule has 26 heavy (non-hydrogen) atoms. The summed E-state index contributed by atoms with van der Waals surface area (Å²) in [5.41, 5.74) is 0. The van der Waals surface area contributed by atoms with Crippen LogP contribution in [0.15, 0.2) is 0 Å². The van der Waals surface area contributed by atoms with Gasteiger partial charge in [0.05, 0.1) is 17.8 Å². The summed E-state index contributed by atoms with van der Waals surface area (Å²) in [5.74, 6) is -2.22. The molecule has 6 heteroatoms. The van der Waals surface area contributed by atoms with Gasteiger partial charge in [-0.1, -0.05) is 20.3 Å². The van der Waals surface area contributed by atoms with Gasteiger partial charge in [-0.3, -0.25) is 14.4 Å². The number of fused-ring (bicyclic) bond motifs is 1. The van der Waals surface area contributed by atoms with Gasteiger partial charge in [-0.2, -0.15) is 0 Å². The SMILES string of the molecule is CCC(C)C(=O)OC1C2CC3C1OC(=O)C3C2C(=O)OC1CCCCC1. The number of esters is 3. The highest BCUT2D eigenvalue weighted by Crippen LogP contribution is 2.59. The zero-order valence-electron chi connectivity index (χ0n) is 15.5. The molecule has 3 saturated carbocycles. The van der Waals surface area contributed by atoms with Gasteiger partial charge in [-0.25, -0.2) is 0 Å². The van der Waals surface area contributed by atoms with Crippen LogP contribution < -0.4 is 0 Å². The number of carbonyl (C=O) groups is 3. The van der Waals surface area contributed by atoms with Crippen molar-refractivity contribution in [3.63, 3.8) is 0 Å². The Labute approximate surface area is 153 Å². The smallest absolute Gasteiger partial charge is 0.310 e. The maximum atomic E-state index is 12.9. The molecule has 7 unspecified atom stereocenters. The van der Waals surface area contributed by atoms with E-state index < -0.39 is 17.9 Å². The molecule has 1 heterocycles. The molecule has 2 bridgehead atoms. The van der Waals surface area contributed by atoms with Crippen LogP contribution in [0.3, 0.4) is 0 Å². The molecule has 4 fully saturated rings. The second-order valence-corrected chi connectivity index (χ2v) is 8.42. The summed E-state index contributed by atoms with van der Waals surface area (Å²) < 4.78 is 17.0. The Morgan fingerprint density at radius 3 is 2.58 bits per heavy atom. The Hall–Kier alpha value is -1.59. The Kier molecular flexibility index (Phi) is 4.70. The van der Waals surface area contributed by atoms with Crippen molar-refractivity contribution in [1.82, 2.24) is 0 Å². The van der Waals surface area contributed by atoms with Crippen LogP contribution in [0.1, 0.15) is 58.8 Å².